The molecule has 24 heavy (non-hydrogen) atoms. The lowest BCUT2D eigenvalue weighted by molar-refractivity contribution is 0.128. The highest BCUT2D eigenvalue weighted by molar-refractivity contribution is 14.0. The molecule has 0 atom stereocenters. The topological polar surface area (TPSA) is 54.9 Å². The van der Waals surface area contributed by atoms with Crippen LogP contribution in [-0.4, -0.2) is 39.4 Å². The van der Waals surface area contributed by atoms with Gasteiger partial charge in [0.1, 0.15) is 5.75 Å². The van der Waals surface area contributed by atoms with E-state index in [-0.39, 0.29) is 24.0 Å². The van der Waals surface area contributed by atoms with Gasteiger partial charge in [0.25, 0.3) is 0 Å². The Kier molecular flexibility index (Phi) is 13.7. The van der Waals surface area contributed by atoms with Crippen molar-refractivity contribution in [2.45, 2.75) is 33.7 Å². The van der Waals surface area contributed by atoms with E-state index in [9.17, 15) is 0 Å². The van der Waals surface area contributed by atoms with Gasteiger partial charge >= 0.3 is 0 Å². The minimum absolute atomic E-state index is 0. The van der Waals surface area contributed by atoms with Crippen LogP contribution in [0.1, 0.15) is 32.8 Å². The van der Waals surface area contributed by atoms with Gasteiger partial charge in [-0.25, -0.2) is 0 Å². The van der Waals surface area contributed by atoms with Crippen LogP contribution in [0.4, 0.5) is 0 Å². The van der Waals surface area contributed by atoms with Gasteiger partial charge in [-0.05, 0) is 25.3 Å². The molecule has 0 amide bonds. The number of nitrogens with one attached hydrogen (secondary N) is 2. The Hall–Kier alpha value is -1.02. The Balaban J connectivity index is 0.00000529. The Morgan fingerprint density at radius 2 is 1.92 bits per heavy atom. The van der Waals surface area contributed by atoms with Crippen molar-refractivity contribution in [1.29, 1.82) is 0 Å². The van der Waals surface area contributed by atoms with Crippen molar-refractivity contribution < 1.29 is 9.47 Å². The van der Waals surface area contributed by atoms with Crippen molar-refractivity contribution in [3.8, 4) is 5.75 Å². The van der Waals surface area contributed by atoms with E-state index >= 15 is 0 Å². The van der Waals surface area contributed by atoms with Crippen LogP contribution in [-0.2, 0) is 11.3 Å². The highest BCUT2D eigenvalue weighted by Gasteiger charge is 2.03. The molecule has 2 N–H and O–H groups in total. The molecule has 1 aromatic carbocycles. The van der Waals surface area contributed by atoms with Gasteiger partial charge in [0.2, 0.25) is 0 Å². The molecule has 0 saturated carbocycles. The standard InChI is InChI=1S/C18H31N3O2.HI/c1-5-23-17-9-7-6-8-16(17)14-21-18(19-4)20-11-13-22-12-10-15(2)3;/h6-9,15H,5,10-14H2,1-4H3,(H2,19,20,21);1H. The van der Waals surface area contributed by atoms with E-state index in [0.29, 0.717) is 25.7 Å². The Morgan fingerprint density at radius 1 is 1.17 bits per heavy atom. The maximum atomic E-state index is 5.63. The molecule has 1 aromatic rings. The zero-order chi connectivity index (χ0) is 16.9. The van der Waals surface area contributed by atoms with Gasteiger partial charge in [-0.2, -0.15) is 0 Å². The normalized spacial score (nSPS) is 11.1. The van der Waals surface area contributed by atoms with E-state index in [4.69, 9.17) is 9.47 Å². The third-order valence-electron chi connectivity index (χ3n) is 3.32. The average Bonchev–Trinajstić information content (AvgIpc) is 2.54. The molecule has 0 aliphatic rings. The Labute approximate surface area is 163 Å². The number of guanidine groups is 1. The highest BCUT2D eigenvalue weighted by atomic mass is 127. The zero-order valence-electron chi connectivity index (χ0n) is 15.3. The molecule has 0 saturated heterocycles. The summed E-state index contributed by atoms with van der Waals surface area (Å²) < 4.78 is 11.2. The van der Waals surface area contributed by atoms with Gasteiger partial charge in [-0.3, -0.25) is 4.99 Å². The van der Waals surface area contributed by atoms with Crippen LogP contribution in [0.25, 0.3) is 0 Å². The number of hydrogen-bond acceptors (Lipinski definition) is 3. The summed E-state index contributed by atoms with van der Waals surface area (Å²) in [7, 11) is 1.77. The van der Waals surface area contributed by atoms with Crippen molar-refractivity contribution in [2.75, 3.05) is 33.4 Å². The molecule has 5 nitrogen and oxygen atoms in total. The summed E-state index contributed by atoms with van der Waals surface area (Å²) in [4.78, 5) is 4.22. The second-order valence-electron chi connectivity index (χ2n) is 5.69. The first kappa shape index (κ1) is 23.0. The van der Waals surface area contributed by atoms with Crippen molar-refractivity contribution in [1.82, 2.24) is 10.6 Å². The van der Waals surface area contributed by atoms with Crippen molar-refractivity contribution >= 4 is 29.9 Å². The third kappa shape index (κ3) is 9.97. The van der Waals surface area contributed by atoms with E-state index < -0.39 is 0 Å². The fourth-order valence-electron chi connectivity index (χ4n) is 2.01. The molecule has 1 rings (SSSR count). The number of para-hydroxylation sites is 1. The molecule has 0 fully saturated rings. The number of hydrogen-bond donors (Lipinski definition) is 2. The summed E-state index contributed by atoms with van der Waals surface area (Å²) in [6.07, 6.45) is 1.10. The van der Waals surface area contributed by atoms with Gasteiger partial charge in [-0.15, -0.1) is 24.0 Å². The average molecular weight is 449 g/mol. The monoisotopic (exact) mass is 449 g/mol. The minimum Gasteiger partial charge on any atom is -0.494 e. The number of halogens is 1. The number of aliphatic imine (C=N–C) groups is 1. The summed E-state index contributed by atoms with van der Waals surface area (Å²) in [6, 6.07) is 8.04. The van der Waals surface area contributed by atoms with E-state index in [1.54, 1.807) is 7.05 Å². The van der Waals surface area contributed by atoms with Crippen molar-refractivity contribution in [3.05, 3.63) is 29.8 Å². The molecular formula is C18H32IN3O2. The van der Waals surface area contributed by atoms with E-state index in [1.165, 1.54) is 0 Å². The summed E-state index contributed by atoms with van der Waals surface area (Å²) in [5.74, 6) is 2.36. The van der Waals surface area contributed by atoms with Crippen molar-refractivity contribution in [2.24, 2.45) is 10.9 Å². The molecule has 0 heterocycles. The number of ether oxygens (including phenoxy) is 2. The second kappa shape index (κ2) is 14.3. The summed E-state index contributed by atoms with van der Waals surface area (Å²) in [6.45, 7) is 9.97. The maximum absolute atomic E-state index is 5.63. The molecule has 0 radical (unpaired) electrons. The first-order valence-corrected chi connectivity index (χ1v) is 8.40. The summed E-state index contributed by atoms with van der Waals surface area (Å²) in [5, 5.41) is 6.55. The molecule has 0 aromatic heterocycles. The van der Waals surface area contributed by atoms with Crippen molar-refractivity contribution in [3.63, 3.8) is 0 Å². The van der Waals surface area contributed by atoms with Crippen LogP contribution in [0.5, 0.6) is 5.75 Å². The second-order valence-corrected chi connectivity index (χ2v) is 5.69. The third-order valence-corrected chi connectivity index (χ3v) is 3.32. The van der Waals surface area contributed by atoms with Crippen LogP contribution in [0, 0.1) is 5.92 Å². The van der Waals surface area contributed by atoms with Crippen LogP contribution < -0.4 is 15.4 Å². The number of benzene rings is 1. The van der Waals surface area contributed by atoms with Crippen LogP contribution >= 0.6 is 24.0 Å². The van der Waals surface area contributed by atoms with E-state index in [0.717, 1.165) is 36.8 Å². The van der Waals surface area contributed by atoms with Crippen LogP contribution in [0.2, 0.25) is 0 Å². The van der Waals surface area contributed by atoms with Gasteiger partial charge in [0, 0.05) is 32.3 Å². The minimum atomic E-state index is 0. The SMILES string of the molecule is CCOc1ccccc1CNC(=NC)NCCOCCC(C)C.I. The Morgan fingerprint density at radius 3 is 2.58 bits per heavy atom. The van der Waals surface area contributed by atoms with Gasteiger partial charge in [-0.1, -0.05) is 32.0 Å². The fraction of sp³-hybridized carbons (Fsp3) is 0.611. The molecule has 0 spiro atoms. The Bertz CT molecular complexity index is 467. The van der Waals surface area contributed by atoms with E-state index in [1.807, 2.05) is 25.1 Å². The number of nitrogens with zero attached hydrogens (tertiary/aromatic N) is 1. The largest absolute Gasteiger partial charge is 0.494 e. The molecule has 0 aliphatic heterocycles. The molecule has 138 valence electrons. The first-order chi connectivity index (χ1) is 11.2. The maximum Gasteiger partial charge on any atom is 0.191 e. The van der Waals surface area contributed by atoms with Crippen LogP contribution in [0.3, 0.4) is 0 Å². The van der Waals surface area contributed by atoms with Gasteiger partial charge in [0.05, 0.1) is 13.2 Å². The molecule has 6 heteroatoms. The molecular weight excluding hydrogens is 417 g/mol. The number of rotatable bonds is 10. The van der Waals surface area contributed by atoms with E-state index in [2.05, 4.69) is 35.5 Å². The molecule has 0 bridgehead atoms. The predicted molar refractivity (Wildman–Crippen MR) is 112 cm³/mol. The predicted octanol–water partition coefficient (Wildman–Crippen LogP) is 3.43. The van der Waals surface area contributed by atoms with Gasteiger partial charge < -0.3 is 20.1 Å². The molecule has 0 unspecified atom stereocenters. The zero-order valence-corrected chi connectivity index (χ0v) is 17.6. The first-order valence-electron chi connectivity index (χ1n) is 8.40. The molecule has 0 aliphatic carbocycles. The lowest BCUT2D eigenvalue weighted by Gasteiger charge is -2.14. The summed E-state index contributed by atoms with van der Waals surface area (Å²) >= 11 is 0. The lowest BCUT2D eigenvalue weighted by Crippen LogP contribution is -2.38. The quantitative estimate of drug-likeness (QED) is 0.249. The van der Waals surface area contributed by atoms with Gasteiger partial charge in [0.15, 0.2) is 5.96 Å². The highest BCUT2D eigenvalue weighted by Crippen LogP contribution is 2.17. The fourth-order valence-corrected chi connectivity index (χ4v) is 2.01. The van der Waals surface area contributed by atoms with Crippen LogP contribution in [0.15, 0.2) is 29.3 Å². The summed E-state index contributed by atoms with van der Waals surface area (Å²) in [5.41, 5.74) is 1.12. The lowest BCUT2D eigenvalue weighted by atomic mass is 10.1. The smallest absolute Gasteiger partial charge is 0.191 e.